The number of hydrogen-bond acceptors (Lipinski definition) is 4. The number of hydrogen-bond donors (Lipinski definition) is 2. The Morgan fingerprint density at radius 2 is 1.64 bits per heavy atom. The van der Waals surface area contributed by atoms with Gasteiger partial charge in [-0.15, -0.1) is 0 Å². The Labute approximate surface area is 136 Å². The summed E-state index contributed by atoms with van der Waals surface area (Å²) in [5, 5.41) is 0.212. The van der Waals surface area contributed by atoms with Crippen LogP contribution in [0.2, 0.25) is 18.1 Å². The van der Waals surface area contributed by atoms with Crippen molar-refractivity contribution in [3.63, 3.8) is 0 Å². The van der Waals surface area contributed by atoms with Crippen LogP contribution in [-0.4, -0.2) is 31.7 Å². The summed E-state index contributed by atoms with van der Waals surface area (Å²) in [6.07, 6.45) is 1.36. The molecule has 0 atom stereocenters. The van der Waals surface area contributed by atoms with E-state index in [1.165, 1.54) is 0 Å². The highest BCUT2D eigenvalue weighted by Crippen LogP contribution is 2.44. The summed E-state index contributed by atoms with van der Waals surface area (Å²) in [5.41, 5.74) is 5.08. The van der Waals surface area contributed by atoms with E-state index in [-0.39, 0.29) is 16.7 Å². The van der Waals surface area contributed by atoms with Crippen molar-refractivity contribution in [1.29, 1.82) is 0 Å². The van der Waals surface area contributed by atoms with Gasteiger partial charge < -0.3 is 9.16 Å². The van der Waals surface area contributed by atoms with Crippen molar-refractivity contribution in [3.05, 3.63) is 0 Å². The summed E-state index contributed by atoms with van der Waals surface area (Å²) < 4.78 is 11.7. The molecule has 0 aromatic heterocycles. The van der Waals surface area contributed by atoms with Crippen LogP contribution in [0, 0.1) is 0 Å². The molecule has 1 rings (SSSR count). The van der Waals surface area contributed by atoms with E-state index in [0.29, 0.717) is 0 Å². The second-order valence-electron chi connectivity index (χ2n) is 9.19. The normalized spacial score (nSPS) is 26.3. The zero-order valence-corrected chi connectivity index (χ0v) is 16.7. The van der Waals surface area contributed by atoms with Crippen molar-refractivity contribution in [2.24, 2.45) is 0 Å². The zero-order chi connectivity index (χ0) is 17.4. The molecule has 1 saturated carbocycles. The fraction of sp³-hybridized carbons (Fsp3) is 0.938. The van der Waals surface area contributed by atoms with Gasteiger partial charge in [0.15, 0.2) is 8.32 Å². The number of ether oxygens (including phenoxy) is 1. The van der Waals surface area contributed by atoms with Crippen molar-refractivity contribution in [2.75, 3.05) is 0 Å². The molecule has 0 aromatic carbocycles. The van der Waals surface area contributed by atoms with Gasteiger partial charge in [-0.2, -0.15) is 0 Å². The molecule has 0 heterocycles. The number of carbonyl (C=O) groups excluding carboxylic acids is 1. The van der Waals surface area contributed by atoms with Gasteiger partial charge in [-0.3, -0.25) is 5.43 Å². The standard InChI is InChI=1S/C16H34N2O3Si/c1-14(2,3)20-13(19)18-17-12-10-16(7,11-12)21-22(8,9)15(4,5)6/h12,17H,10-11H2,1-9H3,(H,18,19). The number of amides is 1. The SMILES string of the molecule is CC(C)(C)OC(=O)NNC1CC(C)(O[Si](C)(C)C(C)(C)C)C1. The molecule has 130 valence electrons. The second-order valence-corrected chi connectivity index (χ2v) is 13.9. The number of nitrogens with one attached hydrogen (secondary N) is 2. The van der Waals surface area contributed by atoms with Crippen LogP contribution in [0.25, 0.3) is 0 Å². The van der Waals surface area contributed by atoms with Gasteiger partial charge in [-0.05, 0) is 58.7 Å². The Bertz CT molecular complexity index is 405. The molecule has 1 fully saturated rings. The van der Waals surface area contributed by atoms with Crippen LogP contribution in [0.15, 0.2) is 0 Å². The van der Waals surface area contributed by atoms with E-state index in [9.17, 15) is 4.79 Å². The molecule has 0 aliphatic heterocycles. The van der Waals surface area contributed by atoms with Crippen LogP contribution in [0.3, 0.4) is 0 Å². The molecule has 22 heavy (non-hydrogen) atoms. The van der Waals surface area contributed by atoms with Gasteiger partial charge in [0, 0.05) is 6.04 Å². The van der Waals surface area contributed by atoms with Gasteiger partial charge in [0.1, 0.15) is 5.60 Å². The maximum atomic E-state index is 11.6. The Morgan fingerprint density at radius 3 is 2.05 bits per heavy atom. The molecule has 0 aromatic rings. The molecule has 5 nitrogen and oxygen atoms in total. The summed E-state index contributed by atoms with van der Waals surface area (Å²) in [7, 11) is -1.76. The van der Waals surface area contributed by atoms with Crippen molar-refractivity contribution in [1.82, 2.24) is 10.9 Å². The van der Waals surface area contributed by atoms with Crippen LogP contribution < -0.4 is 10.9 Å². The average molecular weight is 331 g/mol. The fourth-order valence-electron chi connectivity index (χ4n) is 2.40. The first kappa shape index (κ1) is 19.5. The lowest BCUT2D eigenvalue weighted by Crippen LogP contribution is -2.61. The van der Waals surface area contributed by atoms with Gasteiger partial charge in [-0.1, -0.05) is 20.8 Å². The lowest BCUT2D eigenvalue weighted by Gasteiger charge is -2.51. The highest BCUT2D eigenvalue weighted by atomic mass is 28.4. The van der Waals surface area contributed by atoms with Gasteiger partial charge in [0.2, 0.25) is 0 Å². The van der Waals surface area contributed by atoms with Crippen molar-refractivity contribution >= 4 is 14.4 Å². The summed E-state index contributed by atoms with van der Waals surface area (Å²) in [4.78, 5) is 11.6. The minimum absolute atomic E-state index is 0.0870. The maximum absolute atomic E-state index is 11.6. The minimum Gasteiger partial charge on any atom is -0.443 e. The lowest BCUT2D eigenvalue weighted by atomic mass is 9.78. The van der Waals surface area contributed by atoms with Crippen molar-refractivity contribution in [3.8, 4) is 0 Å². The molecule has 0 unspecified atom stereocenters. The van der Waals surface area contributed by atoms with Crippen LogP contribution >= 0.6 is 0 Å². The zero-order valence-electron chi connectivity index (χ0n) is 15.7. The first-order valence-electron chi connectivity index (χ1n) is 8.08. The highest BCUT2D eigenvalue weighted by molar-refractivity contribution is 6.74. The Hall–Kier alpha value is -0.593. The van der Waals surface area contributed by atoms with Crippen LogP contribution in [0.4, 0.5) is 4.79 Å². The molecular weight excluding hydrogens is 296 g/mol. The molecule has 0 spiro atoms. The fourth-order valence-corrected chi connectivity index (χ4v) is 4.11. The molecule has 1 aliphatic rings. The monoisotopic (exact) mass is 330 g/mol. The molecule has 0 radical (unpaired) electrons. The van der Waals surface area contributed by atoms with E-state index >= 15 is 0 Å². The molecule has 1 aliphatic carbocycles. The van der Waals surface area contributed by atoms with Crippen molar-refractivity contribution < 1.29 is 14.0 Å². The van der Waals surface area contributed by atoms with E-state index in [2.05, 4.69) is 51.6 Å². The molecule has 1 amide bonds. The summed E-state index contributed by atoms with van der Waals surface area (Å²) in [5.74, 6) is 0. The Kier molecular flexibility index (Phi) is 5.42. The van der Waals surface area contributed by atoms with Crippen LogP contribution in [0.1, 0.15) is 61.3 Å². The van der Waals surface area contributed by atoms with Gasteiger partial charge in [0.25, 0.3) is 0 Å². The molecule has 0 saturated heterocycles. The van der Waals surface area contributed by atoms with Gasteiger partial charge in [0.05, 0.1) is 5.60 Å². The smallest absolute Gasteiger partial charge is 0.422 e. The third-order valence-corrected chi connectivity index (χ3v) is 9.06. The average Bonchev–Trinajstić information content (AvgIpc) is 2.18. The Morgan fingerprint density at radius 1 is 1.14 bits per heavy atom. The summed E-state index contributed by atoms with van der Waals surface area (Å²) >= 11 is 0. The number of carbonyl (C=O) groups is 1. The topological polar surface area (TPSA) is 59.6 Å². The van der Waals surface area contributed by atoms with Crippen LogP contribution in [-0.2, 0) is 9.16 Å². The summed E-state index contributed by atoms with van der Waals surface area (Å²) in [6.45, 7) is 19.0. The molecule has 6 heteroatoms. The molecule has 2 N–H and O–H groups in total. The number of hydrazine groups is 1. The van der Waals surface area contributed by atoms with E-state index in [1.54, 1.807) is 0 Å². The predicted octanol–water partition coefficient (Wildman–Crippen LogP) is 3.96. The first-order valence-corrected chi connectivity index (χ1v) is 11.0. The van der Waals surface area contributed by atoms with E-state index in [1.807, 2.05) is 20.8 Å². The highest BCUT2D eigenvalue weighted by Gasteiger charge is 2.48. The van der Waals surface area contributed by atoms with E-state index < -0.39 is 20.0 Å². The number of rotatable bonds is 4. The van der Waals surface area contributed by atoms with Crippen molar-refractivity contribution in [2.45, 2.75) is 96.7 Å². The third kappa shape index (κ3) is 5.55. The first-order chi connectivity index (χ1) is 9.64. The molecule has 0 bridgehead atoms. The van der Waals surface area contributed by atoms with Gasteiger partial charge in [-0.25, -0.2) is 10.2 Å². The third-order valence-electron chi connectivity index (χ3n) is 4.44. The lowest BCUT2D eigenvalue weighted by molar-refractivity contribution is -0.0321. The van der Waals surface area contributed by atoms with E-state index in [0.717, 1.165) is 12.8 Å². The largest absolute Gasteiger partial charge is 0.443 e. The Balaban J connectivity index is 2.38. The van der Waals surface area contributed by atoms with E-state index in [4.69, 9.17) is 9.16 Å². The predicted molar refractivity (Wildman–Crippen MR) is 92.2 cm³/mol. The summed E-state index contributed by atoms with van der Waals surface area (Å²) in [6, 6.07) is 0.238. The minimum atomic E-state index is -1.76. The van der Waals surface area contributed by atoms with Crippen LogP contribution in [0.5, 0.6) is 0 Å². The second kappa shape index (κ2) is 6.13. The molecular formula is C16H34N2O3Si. The quantitative estimate of drug-likeness (QED) is 0.605. The maximum Gasteiger partial charge on any atom is 0.422 e. The van der Waals surface area contributed by atoms with Gasteiger partial charge >= 0.3 is 6.09 Å².